The first-order valence-electron chi connectivity index (χ1n) is 6.21. The van der Waals surface area contributed by atoms with Gasteiger partial charge in [0.05, 0.1) is 0 Å². The summed E-state index contributed by atoms with van der Waals surface area (Å²) in [5.41, 5.74) is 4.27. The zero-order valence-electron chi connectivity index (χ0n) is 11.7. The molecule has 0 unspecified atom stereocenters. The third-order valence-electron chi connectivity index (χ3n) is 3.01. The number of hydrogen-bond donors (Lipinski definition) is 0. The molecule has 0 aromatic rings. The fraction of sp³-hybridized carbons (Fsp3) is 0.467. The highest BCUT2D eigenvalue weighted by molar-refractivity contribution is 6.73. The van der Waals surface area contributed by atoms with Crippen molar-refractivity contribution in [2.75, 3.05) is 0 Å². The van der Waals surface area contributed by atoms with Gasteiger partial charge in [0.1, 0.15) is 0 Å². The van der Waals surface area contributed by atoms with Crippen LogP contribution in [0.3, 0.4) is 0 Å². The van der Waals surface area contributed by atoms with Crippen molar-refractivity contribution in [3.05, 3.63) is 46.9 Å². The summed E-state index contributed by atoms with van der Waals surface area (Å²) in [6, 6.07) is 0. The van der Waals surface area contributed by atoms with Gasteiger partial charge in [-0.25, -0.2) is 0 Å². The zero-order valence-corrected chi connectivity index (χ0v) is 11.7. The first-order chi connectivity index (χ1) is 7.58. The van der Waals surface area contributed by atoms with Crippen LogP contribution in [-0.2, 0) is 0 Å². The van der Waals surface area contributed by atoms with E-state index in [9.17, 15) is 0 Å². The van der Waals surface area contributed by atoms with Crippen molar-refractivity contribution in [3.8, 4) is 0 Å². The van der Waals surface area contributed by atoms with E-state index in [4.69, 9.17) is 0 Å². The minimum Gasteiger partial charge on any atom is -0.0988 e. The van der Waals surface area contributed by atoms with Gasteiger partial charge in [0.2, 0.25) is 6.71 Å². The molecule has 0 saturated carbocycles. The predicted octanol–water partition coefficient (Wildman–Crippen LogP) is 5.01. The van der Waals surface area contributed by atoms with Gasteiger partial charge in [-0.15, -0.1) is 0 Å². The van der Waals surface area contributed by atoms with Crippen molar-refractivity contribution in [1.82, 2.24) is 0 Å². The molecule has 0 bridgehead atoms. The monoisotopic (exact) mass is 216 g/mol. The Balaban J connectivity index is 5.03. The fourth-order valence-electron chi connectivity index (χ4n) is 1.70. The van der Waals surface area contributed by atoms with E-state index in [0.717, 1.165) is 6.42 Å². The Morgan fingerprint density at radius 1 is 1.19 bits per heavy atom. The Labute approximate surface area is 102 Å². The third kappa shape index (κ3) is 4.70. The van der Waals surface area contributed by atoms with E-state index in [1.54, 1.807) is 0 Å². The zero-order chi connectivity index (χ0) is 12.6. The Kier molecular flexibility index (Phi) is 7.71. The molecule has 0 rings (SSSR count). The summed E-state index contributed by atoms with van der Waals surface area (Å²) < 4.78 is 0. The molecule has 0 aliphatic rings. The molecule has 0 nitrogen and oxygen atoms in total. The maximum absolute atomic E-state index is 2.34. The van der Waals surface area contributed by atoms with Crippen LogP contribution < -0.4 is 0 Å². The fourth-order valence-corrected chi connectivity index (χ4v) is 1.70. The summed E-state index contributed by atoms with van der Waals surface area (Å²) in [4.78, 5) is 0. The van der Waals surface area contributed by atoms with Crippen LogP contribution in [0.1, 0.15) is 41.0 Å². The van der Waals surface area contributed by atoms with Crippen LogP contribution in [0.15, 0.2) is 46.9 Å². The molecular formula is C15H25B. The molecule has 0 radical (unpaired) electrons. The lowest BCUT2D eigenvalue weighted by atomic mass is 9.40. The minimum absolute atomic E-state index is 0.507. The molecule has 0 aliphatic heterocycles. The molecule has 1 heteroatoms. The number of allylic oxidation sites excluding steroid dienone is 8. The Morgan fingerprint density at radius 3 is 2.25 bits per heavy atom. The Morgan fingerprint density at radius 2 is 1.81 bits per heavy atom. The van der Waals surface area contributed by atoms with Crippen LogP contribution in [0.4, 0.5) is 0 Å². The van der Waals surface area contributed by atoms with Gasteiger partial charge >= 0.3 is 0 Å². The van der Waals surface area contributed by atoms with Crippen LogP contribution in [0.5, 0.6) is 0 Å². The largest absolute Gasteiger partial charge is 0.200 e. The van der Waals surface area contributed by atoms with Crippen molar-refractivity contribution in [1.29, 1.82) is 0 Å². The van der Waals surface area contributed by atoms with Crippen LogP contribution in [0, 0.1) is 0 Å². The highest BCUT2D eigenvalue weighted by atomic mass is 14.0. The standard InChI is InChI=1S/C15H25B/c1-7-10-12-14(5)16(6)15(11-8-2)13(4)9-3/h7,9-12H,8H2,1-6H3/b10-7-,13-9-,14-12+,15-11+. The summed E-state index contributed by atoms with van der Waals surface area (Å²) in [6.07, 6.45) is 12.0. The van der Waals surface area contributed by atoms with Gasteiger partial charge in [-0.2, -0.15) is 0 Å². The summed E-state index contributed by atoms with van der Waals surface area (Å²) in [6.45, 7) is 13.5. The van der Waals surface area contributed by atoms with Gasteiger partial charge in [-0.05, 0) is 27.2 Å². The molecule has 0 N–H and O–H groups in total. The van der Waals surface area contributed by atoms with Gasteiger partial charge in [-0.1, -0.05) is 67.6 Å². The molecule has 0 heterocycles. The van der Waals surface area contributed by atoms with Gasteiger partial charge < -0.3 is 0 Å². The van der Waals surface area contributed by atoms with Crippen molar-refractivity contribution >= 4 is 6.71 Å². The average molecular weight is 216 g/mol. The third-order valence-corrected chi connectivity index (χ3v) is 3.01. The second-order valence-electron chi connectivity index (χ2n) is 4.20. The SMILES string of the molecule is C/C=C\C=C(/C)B(C)C(=C/CC)/C(C)=C\C. The van der Waals surface area contributed by atoms with E-state index in [1.165, 1.54) is 16.5 Å². The molecule has 0 spiro atoms. The molecule has 0 aromatic carbocycles. The topological polar surface area (TPSA) is 0 Å². The van der Waals surface area contributed by atoms with Gasteiger partial charge in [0, 0.05) is 0 Å². The van der Waals surface area contributed by atoms with Crippen LogP contribution in [0.2, 0.25) is 6.82 Å². The van der Waals surface area contributed by atoms with Gasteiger partial charge in [0.15, 0.2) is 0 Å². The summed E-state index contributed by atoms with van der Waals surface area (Å²) in [5, 5.41) is 0. The van der Waals surface area contributed by atoms with Crippen LogP contribution >= 0.6 is 0 Å². The van der Waals surface area contributed by atoms with E-state index in [1.807, 2.05) is 0 Å². The lowest BCUT2D eigenvalue weighted by Gasteiger charge is -2.14. The molecule has 16 heavy (non-hydrogen) atoms. The molecule has 0 atom stereocenters. The van der Waals surface area contributed by atoms with Crippen LogP contribution in [-0.4, -0.2) is 6.71 Å². The molecule has 0 aliphatic carbocycles. The van der Waals surface area contributed by atoms with E-state index in [2.05, 4.69) is 71.8 Å². The molecule has 0 saturated heterocycles. The lowest BCUT2D eigenvalue weighted by molar-refractivity contribution is 1.20. The average Bonchev–Trinajstić information content (AvgIpc) is 2.31. The smallest absolute Gasteiger partial charge is 0.0988 e. The normalized spacial score (nSPS) is 14.8. The second-order valence-corrected chi connectivity index (χ2v) is 4.20. The van der Waals surface area contributed by atoms with E-state index in [-0.39, 0.29) is 0 Å². The molecule has 0 fully saturated rings. The summed E-state index contributed by atoms with van der Waals surface area (Å²) >= 11 is 0. The Hall–Kier alpha value is -0.975. The maximum Gasteiger partial charge on any atom is 0.200 e. The van der Waals surface area contributed by atoms with Crippen molar-refractivity contribution in [3.63, 3.8) is 0 Å². The summed E-state index contributed by atoms with van der Waals surface area (Å²) in [7, 11) is 0. The number of rotatable bonds is 5. The van der Waals surface area contributed by atoms with Crippen molar-refractivity contribution < 1.29 is 0 Å². The highest BCUT2D eigenvalue weighted by Crippen LogP contribution is 2.19. The first kappa shape index (κ1) is 15.0. The lowest BCUT2D eigenvalue weighted by Crippen LogP contribution is -2.15. The molecule has 88 valence electrons. The maximum atomic E-state index is 2.34. The highest BCUT2D eigenvalue weighted by Gasteiger charge is 2.15. The van der Waals surface area contributed by atoms with Gasteiger partial charge in [0.25, 0.3) is 0 Å². The predicted molar refractivity (Wildman–Crippen MR) is 78.0 cm³/mol. The minimum atomic E-state index is 0.507. The first-order valence-corrected chi connectivity index (χ1v) is 6.21. The van der Waals surface area contributed by atoms with Crippen LogP contribution in [0.25, 0.3) is 0 Å². The number of hydrogen-bond acceptors (Lipinski definition) is 0. The Bertz CT molecular complexity index is 316. The summed E-state index contributed by atoms with van der Waals surface area (Å²) in [5.74, 6) is 0. The van der Waals surface area contributed by atoms with Crippen molar-refractivity contribution in [2.45, 2.75) is 47.9 Å². The molecular weight excluding hydrogens is 191 g/mol. The second kappa shape index (κ2) is 8.21. The molecule has 0 aromatic heterocycles. The quantitative estimate of drug-likeness (QED) is 0.447. The molecule has 0 amide bonds. The van der Waals surface area contributed by atoms with Crippen molar-refractivity contribution in [2.24, 2.45) is 0 Å². The van der Waals surface area contributed by atoms with E-state index >= 15 is 0 Å². The van der Waals surface area contributed by atoms with Gasteiger partial charge in [-0.3, -0.25) is 0 Å². The van der Waals surface area contributed by atoms with E-state index in [0.29, 0.717) is 6.71 Å². The van der Waals surface area contributed by atoms with E-state index < -0.39 is 0 Å².